The van der Waals surface area contributed by atoms with E-state index in [1.54, 1.807) is 16.6 Å². The molecule has 1 N–H and O–H groups in total. The van der Waals surface area contributed by atoms with Crippen molar-refractivity contribution in [1.82, 2.24) is 29.5 Å². The number of fused-ring (bicyclic) bond motifs is 1. The number of aryl methyl sites for hydroxylation is 4. The van der Waals surface area contributed by atoms with E-state index in [2.05, 4.69) is 53.8 Å². The molecular weight excluding hydrogens is 462 g/mol. The standard InChI is InChI=1S/C29H31N7O/c1-8-21-23(22-15-32-36(7)18(22)4)14-30-29-27(21)26(28(33-29)20-13-31-34(5)16-20)19-11-10-17(3)24(12-19)35(6)25(37)9-2/h9-16H,2,8H2,1,3-7H3,(H,30,33). The SMILES string of the molecule is C=CC(=O)N(C)c1cc(-c2c(-c3cnn(C)c3)[nH]c3ncc(-c4cnn(C)c4C)c(CC)c23)ccc1C. The minimum Gasteiger partial charge on any atom is -0.339 e. The maximum Gasteiger partial charge on any atom is 0.250 e. The zero-order chi connectivity index (χ0) is 26.4. The van der Waals surface area contributed by atoms with Gasteiger partial charge in [0.2, 0.25) is 5.91 Å². The highest BCUT2D eigenvalue weighted by molar-refractivity contribution is 6.07. The van der Waals surface area contributed by atoms with E-state index in [9.17, 15) is 4.79 Å². The van der Waals surface area contributed by atoms with E-state index >= 15 is 0 Å². The van der Waals surface area contributed by atoms with Crippen LogP contribution in [-0.2, 0) is 25.3 Å². The maximum absolute atomic E-state index is 12.5. The summed E-state index contributed by atoms with van der Waals surface area (Å²) >= 11 is 0. The lowest BCUT2D eigenvalue weighted by Crippen LogP contribution is -2.24. The molecule has 0 atom stereocenters. The van der Waals surface area contributed by atoms with Crippen LogP contribution in [0.4, 0.5) is 5.69 Å². The van der Waals surface area contributed by atoms with Crippen molar-refractivity contribution in [3.05, 3.63) is 72.5 Å². The Morgan fingerprint density at radius 3 is 2.51 bits per heavy atom. The van der Waals surface area contributed by atoms with Crippen LogP contribution < -0.4 is 4.90 Å². The van der Waals surface area contributed by atoms with E-state index in [0.29, 0.717) is 0 Å². The van der Waals surface area contributed by atoms with E-state index in [1.165, 1.54) is 11.6 Å². The lowest BCUT2D eigenvalue weighted by Gasteiger charge is -2.19. The summed E-state index contributed by atoms with van der Waals surface area (Å²) in [5.74, 6) is -0.156. The molecule has 0 aliphatic heterocycles. The summed E-state index contributed by atoms with van der Waals surface area (Å²) in [7, 11) is 5.63. The number of hydrogen-bond acceptors (Lipinski definition) is 4. The quantitative estimate of drug-likeness (QED) is 0.323. The molecule has 8 nitrogen and oxygen atoms in total. The van der Waals surface area contributed by atoms with Gasteiger partial charge in [0, 0.05) is 72.6 Å². The Hall–Kier alpha value is -4.46. The first-order chi connectivity index (χ1) is 17.7. The normalized spacial score (nSPS) is 11.3. The highest BCUT2D eigenvalue weighted by atomic mass is 16.2. The van der Waals surface area contributed by atoms with Crippen LogP contribution in [-0.4, -0.2) is 42.5 Å². The van der Waals surface area contributed by atoms with Crippen LogP contribution in [0.1, 0.15) is 23.7 Å². The number of nitrogens with one attached hydrogen (secondary N) is 1. The molecule has 1 amide bonds. The summed E-state index contributed by atoms with van der Waals surface area (Å²) < 4.78 is 3.68. The van der Waals surface area contributed by atoms with Crippen LogP contribution in [0.2, 0.25) is 0 Å². The molecule has 5 rings (SSSR count). The van der Waals surface area contributed by atoms with Crippen LogP contribution in [0.5, 0.6) is 0 Å². The Labute approximate surface area is 216 Å². The van der Waals surface area contributed by atoms with Gasteiger partial charge in [-0.3, -0.25) is 14.2 Å². The van der Waals surface area contributed by atoms with Gasteiger partial charge in [0.05, 0.1) is 18.1 Å². The molecule has 0 saturated heterocycles. The van der Waals surface area contributed by atoms with Crippen molar-refractivity contribution in [3.8, 4) is 33.5 Å². The molecule has 8 heteroatoms. The molecule has 0 bridgehead atoms. The number of carbonyl (C=O) groups excluding carboxylic acids is 1. The molecule has 1 aromatic carbocycles. The second-order valence-electron chi connectivity index (χ2n) is 9.38. The second kappa shape index (κ2) is 9.20. The molecule has 0 radical (unpaired) electrons. The summed E-state index contributed by atoms with van der Waals surface area (Å²) in [5.41, 5.74) is 11.0. The third-order valence-electron chi connectivity index (χ3n) is 7.17. The van der Waals surface area contributed by atoms with Crippen molar-refractivity contribution in [2.75, 3.05) is 11.9 Å². The minimum atomic E-state index is -0.156. The van der Waals surface area contributed by atoms with Gasteiger partial charge < -0.3 is 9.88 Å². The van der Waals surface area contributed by atoms with Gasteiger partial charge in [-0.15, -0.1) is 0 Å². The van der Waals surface area contributed by atoms with Crippen molar-refractivity contribution in [1.29, 1.82) is 0 Å². The summed E-state index contributed by atoms with van der Waals surface area (Å²) in [4.78, 5) is 22.6. The molecule has 0 fully saturated rings. The molecule has 5 aromatic rings. The van der Waals surface area contributed by atoms with Crippen molar-refractivity contribution in [3.63, 3.8) is 0 Å². The van der Waals surface area contributed by atoms with Crippen LogP contribution >= 0.6 is 0 Å². The van der Waals surface area contributed by atoms with Crippen molar-refractivity contribution >= 4 is 22.6 Å². The van der Waals surface area contributed by atoms with Crippen molar-refractivity contribution < 1.29 is 4.79 Å². The summed E-state index contributed by atoms with van der Waals surface area (Å²) in [6.45, 7) is 9.90. The monoisotopic (exact) mass is 493 g/mol. The molecule has 0 spiro atoms. The summed E-state index contributed by atoms with van der Waals surface area (Å²) in [5, 5.41) is 9.95. The maximum atomic E-state index is 12.5. The van der Waals surface area contributed by atoms with E-state index < -0.39 is 0 Å². The Morgan fingerprint density at radius 1 is 1.11 bits per heavy atom. The zero-order valence-electron chi connectivity index (χ0n) is 22.1. The highest BCUT2D eigenvalue weighted by Gasteiger charge is 2.23. The second-order valence-corrected chi connectivity index (χ2v) is 9.38. The number of nitrogens with zero attached hydrogens (tertiary/aromatic N) is 6. The number of rotatable bonds is 6. The molecule has 188 valence electrons. The molecule has 4 aromatic heterocycles. The summed E-state index contributed by atoms with van der Waals surface area (Å²) in [6, 6.07) is 6.23. The van der Waals surface area contributed by atoms with E-state index in [4.69, 9.17) is 4.98 Å². The number of carbonyl (C=O) groups is 1. The van der Waals surface area contributed by atoms with Crippen LogP contribution in [0.25, 0.3) is 44.5 Å². The third kappa shape index (κ3) is 3.94. The topological polar surface area (TPSA) is 84.6 Å². The Kier molecular flexibility index (Phi) is 6.03. The molecule has 0 unspecified atom stereocenters. The molecule has 0 saturated carbocycles. The van der Waals surface area contributed by atoms with Gasteiger partial charge in [0.15, 0.2) is 0 Å². The first kappa shape index (κ1) is 24.2. The first-order valence-corrected chi connectivity index (χ1v) is 12.3. The van der Waals surface area contributed by atoms with E-state index in [-0.39, 0.29) is 5.91 Å². The van der Waals surface area contributed by atoms with Gasteiger partial charge in [0.25, 0.3) is 0 Å². The predicted molar refractivity (Wildman–Crippen MR) is 148 cm³/mol. The molecule has 0 aliphatic carbocycles. The number of aromatic amines is 1. The zero-order valence-corrected chi connectivity index (χ0v) is 22.1. The van der Waals surface area contributed by atoms with Crippen molar-refractivity contribution in [2.24, 2.45) is 14.1 Å². The number of pyridine rings is 1. The Balaban J connectivity index is 1.86. The van der Waals surface area contributed by atoms with E-state index in [0.717, 1.165) is 67.9 Å². The number of anilines is 1. The van der Waals surface area contributed by atoms with Gasteiger partial charge >= 0.3 is 0 Å². The number of hydrogen-bond donors (Lipinski definition) is 1. The lowest BCUT2D eigenvalue weighted by atomic mass is 9.92. The van der Waals surface area contributed by atoms with Gasteiger partial charge in [-0.25, -0.2) is 4.98 Å². The minimum absolute atomic E-state index is 0.156. The molecule has 0 aliphatic rings. The first-order valence-electron chi connectivity index (χ1n) is 12.3. The van der Waals surface area contributed by atoms with Gasteiger partial charge in [-0.2, -0.15) is 10.2 Å². The number of likely N-dealkylation sites (N-methyl/N-ethyl adjacent to an activating group) is 1. The largest absolute Gasteiger partial charge is 0.339 e. The van der Waals surface area contributed by atoms with Crippen LogP contribution in [0.3, 0.4) is 0 Å². The molecule has 37 heavy (non-hydrogen) atoms. The smallest absolute Gasteiger partial charge is 0.250 e. The Bertz CT molecular complexity index is 1670. The molecule has 4 heterocycles. The number of benzene rings is 1. The third-order valence-corrected chi connectivity index (χ3v) is 7.17. The van der Waals surface area contributed by atoms with Gasteiger partial charge in [-0.1, -0.05) is 25.6 Å². The van der Waals surface area contributed by atoms with Crippen molar-refractivity contribution in [2.45, 2.75) is 27.2 Å². The van der Waals surface area contributed by atoms with Gasteiger partial charge in [-0.05, 0) is 49.1 Å². The average Bonchev–Trinajstić information content (AvgIpc) is 3.59. The van der Waals surface area contributed by atoms with Crippen LogP contribution in [0.15, 0.2) is 55.6 Å². The van der Waals surface area contributed by atoms with E-state index in [1.807, 2.05) is 50.5 Å². The average molecular weight is 494 g/mol. The van der Waals surface area contributed by atoms with Gasteiger partial charge in [0.1, 0.15) is 5.65 Å². The number of aromatic nitrogens is 6. The fourth-order valence-electron chi connectivity index (χ4n) is 5.02. The summed E-state index contributed by atoms with van der Waals surface area (Å²) in [6.07, 6.45) is 9.85. The Morgan fingerprint density at radius 2 is 1.89 bits per heavy atom. The predicted octanol–water partition coefficient (Wildman–Crippen LogP) is 5.36. The fraction of sp³-hybridized carbons (Fsp3) is 0.241. The number of amides is 1. The molecular formula is C29H31N7O. The number of H-pyrrole nitrogens is 1. The highest BCUT2D eigenvalue weighted by Crippen LogP contribution is 2.43. The fourth-order valence-corrected chi connectivity index (χ4v) is 5.02. The lowest BCUT2D eigenvalue weighted by molar-refractivity contribution is -0.113. The van der Waals surface area contributed by atoms with Crippen LogP contribution in [0, 0.1) is 13.8 Å².